The molecule has 0 saturated carbocycles. The number of nitriles is 1. The van der Waals surface area contributed by atoms with Crippen molar-refractivity contribution in [2.45, 2.75) is 0 Å². The van der Waals surface area contributed by atoms with E-state index in [-0.39, 0.29) is 0 Å². The largest absolute Gasteiger partial charge is 0.376 e. The first-order chi connectivity index (χ1) is 14.7. The minimum Gasteiger partial charge on any atom is -0.376 e. The van der Waals surface area contributed by atoms with Gasteiger partial charge in [-0.25, -0.2) is 9.98 Å². The van der Waals surface area contributed by atoms with E-state index in [1.54, 1.807) is 18.6 Å². The zero-order chi connectivity index (χ0) is 20.5. The average Bonchev–Trinajstić information content (AvgIpc) is 3.05. The van der Waals surface area contributed by atoms with Gasteiger partial charge in [0.1, 0.15) is 11.6 Å². The molecule has 2 aromatic rings. The van der Waals surface area contributed by atoms with Crippen molar-refractivity contribution < 1.29 is 0 Å². The number of aromatic nitrogens is 2. The predicted molar refractivity (Wildman–Crippen MR) is 119 cm³/mol. The third-order valence-electron chi connectivity index (χ3n) is 4.95. The molecule has 0 saturated heterocycles. The molecule has 0 amide bonds. The summed E-state index contributed by atoms with van der Waals surface area (Å²) >= 11 is 0. The van der Waals surface area contributed by atoms with Crippen LogP contribution in [-0.2, 0) is 0 Å². The number of pyridine rings is 1. The highest BCUT2D eigenvalue weighted by Gasteiger charge is 2.23. The number of H-pyrrole nitrogens is 1. The molecule has 5 rings (SSSR count). The Morgan fingerprint density at radius 2 is 2.23 bits per heavy atom. The second kappa shape index (κ2) is 7.29. The Bertz CT molecular complexity index is 1290. The lowest BCUT2D eigenvalue weighted by Gasteiger charge is -2.21. The number of hydrogen-bond donors (Lipinski definition) is 2. The third-order valence-corrected chi connectivity index (χ3v) is 4.95. The molecule has 5 heterocycles. The molecule has 0 aliphatic carbocycles. The van der Waals surface area contributed by atoms with Gasteiger partial charge in [0.15, 0.2) is 0 Å². The van der Waals surface area contributed by atoms with Gasteiger partial charge < -0.3 is 15.2 Å². The molecule has 2 aromatic heterocycles. The Morgan fingerprint density at radius 3 is 3.10 bits per heavy atom. The molecule has 0 unspecified atom stereocenters. The van der Waals surface area contributed by atoms with Crippen LogP contribution in [0.5, 0.6) is 0 Å². The smallest absolute Gasteiger partial charge is 0.223 e. The highest BCUT2D eigenvalue weighted by atomic mass is 15.2. The van der Waals surface area contributed by atoms with E-state index < -0.39 is 0 Å². The van der Waals surface area contributed by atoms with Crippen LogP contribution >= 0.6 is 0 Å². The van der Waals surface area contributed by atoms with E-state index >= 15 is 0 Å². The Morgan fingerprint density at radius 1 is 1.30 bits per heavy atom. The van der Waals surface area contributed by atoms with Crippen molar-refractivity contribution in [1.82, 2.24) is 14.9 Å². The van der Waals surface area contributed by atoms with Gasteiger partial charge in [-0.3, -0.25) is 9.98 Å². The zero-order valence-corrected chi connectivity index (χ0v) is 16.3. The molecule has 2 N–H and O–H groups in total. The number of rotatable bonds is 2. The standard InChI is InChI=1S/C22H18N8/c1-30-7-3-5-15(13-30)20-21-14(4-2-6-24-20)10-27-22(29-21)28-17-8-18-19(26-12-17)16(9-23)11-25-18/h2-6,8,11-13,25H,7,10H2,1H3,(H,27,28). The highest BCUT2D eigenvalue weighted by Crippen LogP contribution is 2.21. The molecule has 0 radical (unpaired) electrons. The van der Waals surface area contributed by atoms with Gasteiger partial charge in [-0.05, 0) is 12.1 Å². The molecule has 0 fully saturated rings. The van der Waals surface area contributed by atoms with Gasteiger partial charge in [0.2, 0.25) is 5.96 Å². The summed E-state index contributed by atoms with van der Waals surface area (Å²) < 4.78 is 0. The Hall–Kier alpha value is -4.25. The summed E-state index contributed by atoms with van der Waals surface area (Å²) in [6.07, 6.45) is 15.3. The minimum atomic E-state index is 0.499. The molecule has 8 heteroatoms. The summed E-state index contributed by atoms with van der Waals surface area (Å²) in [6.45, 7) is 1.38. The topological polar surface area (TPSA) is 105 Å². The van der Waals surface area contributed by atoms with Crippen molar-refractivity contribution in [3.05, 3.63) is 71.9 Å². The first-order valence-electron chi connectivity index (χ1n) is 9.52. The Labute approximate surface area is 173 Å². The van der Waals surface area contributed by atoms with E-state index in [2.05, 4.69) is 54.6 Å². The molecular weight excluding hydrogens is 376 g/mol. The first kappa shape index (κ1) is 17.8. The lowest BCUT2D eigenvalue weighted by molar-refractivity contribution is 0.503. The van der Waals surface area contributed by atoms with Crippen LogP contribution in [0.2, 0.25) is 0 Å². The van der Waals surface area contributed by atoms with Crippen LogP contribution < -0.4 is 5.32 Å². The van der Waals surface area contributed by atoms with Gasteiger partial charge in [-0.2, -0.15) is 5.26 Å². The summed E-state index contributed by atoms with van der Waals surface area (Å²) in [7, 11) is 2.03. The fourth-order valence-electron chi connectivity index (χ4n) is 3.51. The maximum atomic E-state index is 9.14. The number of nitrogens with one attached hydrogen (secondary N) is 2. The summed E-state index contributed by atoms with van der Waals surface area (Å²) in [5.74, 6) is 0.499. The van der Waals surface area contributed by atoms with Gasteiger partial charge in [0.05, 0.1) is 40.9 Å². The number of nitrogens with zero attached hydrogens (tertiary/aromatic N) is 6. The maximum absolute atomic E-state index is 9.14. The van der Waals surface area contributed by atoms with Crippen LogP contribution in [0.4, 0.5) is 5.69 Å². The fraction of sp³-hybridized carbons (Fsp3) is 0.136. The second-order valence-electron chi connectivity index (χ2n) is 7.10. The lowest BCUT2D eigenvalue weighted by Crippen LogP contribution is -2.28. The summed E-state index contributed by atoms with van der Waals surface area (Å²) in [5.41, 5.74) is 6.36. The number of aromatic amines is 1. The van der Waals surface area contributed by atoms with Gasteiger partial charge >= 0.3 is 0 Å². The Balaban J connectivity index is 1.47. The molecule has 30 heavy (non-hydrogen) atoms. The molecule has 3 aliphatic heterocycles. The normalized spacial score (nSPS) is 17.9. The molecule has 3 aliphatic rings. The van der Waals surface area contributed by atoms with E-state index in [4.69, 9.17) is 10.3 Å². The molecule has 0 atom stereocenters. The number of aliphatic imine (C=N–C) groups is 3. The highest BCUT2D eigenvalue weighted by molar-refractivity contribution is 6.56. The molecule has 8 nitrogen and oxygen atoms in total. The summed E-state index contributed by atoms with van der Waals surface area (Å²) in [4.78, 5) is 23.5. The SMILES string of the molecule is CN1C=C(C2=NC=CC=C3CN=C(Nc4cnc5c(C#N)c[nH]c5c4)N=C32)C=CC1. The van der Waals surface area contributed by atoms with Crippen LogP contribution in [0, 0.1) is 11.3 Å². The molecular formula is C22H18N8. The minimum absolute atomic E-state index is 0.499. The quantitative estimate of drug-likeness (QED) is 0.817. The van der Waals surface area contributed by atoms with E-state index in [0.29, 0.717) is 23.6 Å². The van der Waals surface area contributed by atoms with Crippen molar-refractivity contribution in [2.75, 3.05) is 25.5 Å². The number of hydrogen-bond acceptors (Lipinski definition) is 7. The van der Waals surface area contributed by atoms with Gasteiger partial charge in [0, 0.05) is 43.3 Å². The van der Waals surface area contributed by atoms with E-state index in [0.717, 1.165) is 40.3 Å². The van der Waals surface area contributed by atoms with E-state index in [9.17, 15) is 0 Å². The zero-order valence-electron chi connectivity index (χ0n) is 16.3. The molecule has 146 valence electrons. The van der Waals surface area contributed by atoms with Crippen LogP contribution in [0.25, 0.3) is 11.0 Å². The summed E-state index contributed by atoms with van der Waals surface area (Å²) in [5, 5.41) is 12.4. The van der Waals surface area contributed by atoms with Crippen LogP contribution in [0.3, 0.4) is 0 Å². The summed E-state index contributed by atoms with van der Waals surface area (Å²) in [6, 6.07) is 4.02. The third kappa shape index (κ3) is 3.22. The lowest BCUT2D eigenvalue weighted by atomic mass is 9.98. The first-order valence-corrected chi connectivity index (χ1v) is 9.52. The Kier molecular flexibility index (Phi) is 4.33. The van der Waals surface area contributed by atoms with Gasteiger partial charge in [0.25, 0.3) is 0 Å². The van der Waals surface area contributed by atoms with Gasteiger partial charge in [-0.15, -0.1) is 0 Å². The number of anilines is 1. The van der Waals surface area contributed by atoms with Crippen LogP contribution in [-0.4, -0.2) is 52.4 Å². The van der Waals surface area contributed by atoms with Crippen molar-refractivity contribution in [3.8, 4) is 6.07 Å². The van der Waals surface area contributed by atoms with Crippen molar-refractivity contribution in [3.63, 3.8) is 0 Å². The second-order valence-corrected chi connectivity index (χ2v) is 7.10. The van der Waals surface area contributed by atoms with E-state index in [1.165, 1.54) is 0 Å². The number of allylic oxidation sites excluding steroid dienone is 4. The van der Waals surface area contributed by atoms with Crippen molar-refractivity contribution in [1.29, 1.82) is 5.26 Å². The number of guanidine groups is 1. The molecule has 0 spiro atoms. The fourth-order valence-corrected chi connectivity index (χ4v) is 3.51. The molecule has 0 bridgehead atoms. The van der Waals surface area contributed by atoms with Crippen LogP contribution in [0.1, 0.15) is 5.56 Å². The molecule has 0 aromatic carbocycles. The van der Waals surface area contributed by atoms with Crippen molar-refractivity contribution >= 4 is 34.1 Å². The predicted octanol–water partition coefficient (Wildman–Crippen LogP) is 2.94. The number of likely N-dealkylation sites (N-methyl/N-ethyl adjacent to an activating group) is 1. The van der Waals surface area contributed by atoms with Crippen LogP contribution in [0.15, 0.2) is 81.3 Å². The van der Waals surface area contributed by atoms with E-state index in [1.807, 2.05) is 25.3 Å². The van der Waals surface area contributed by atoms with Crippen molar-refractivity contribution in [2.24, 2.45) is 15.0 Å². The van der Waals surface area contributed by atoms with Gasteiger partial charge in [-0.1, -0.05) is 18.2 Å². The number of fused-ring (bicyclic) bond motifs is 2. The maximum Gasteiger partial charge on any atom is 0.223 e. The monoisotopic (exact) mass is 394 g/mol. The average molecular weight is 394 g/mol.